The fraction of sp³-hybridized carbons (Fsp3) is 0.444. The molecule has 6 heteroatoms. The molecular weight excluding hydrogens is 326 g/mol. The molecule has 1 saturated heterocycles. The molecule has 1 aliphatic heterocycles. The van der Waals surface area contributed by atoms with E-state index < -0.39 is 0 Å². The van der Waals surface area contributed by atoms with Gasteiger partial charge in [-0.2, -0.15) is 5.10 Å². The molecule has 1 amide bonds. The fourth-order valence-corrected chi connectivity index (χ4v) is 3.16. The van der Waals surface area contributed by atoms with Crippen molar-refractivity contribution in [3.05, 3.63) is 46.7 Å². The van der Waals surface area contributed by atoms with Crippen molar-refractivity contribution in [2.45, 2.75) is 26.2 Å². The first-order chi connectivity index (χ1) is 11.6. The Hall–Kier alpha value is -1.85. The summed E-state index contributed by atoms with van der Waals surface area (Å²) in [6, 6.07) is 7.48. The lowest BCUT2D eigenvalue weighted by Crippen LogP contribution is -2.30. The number of amides is 1. The molecule has 0 unspecified atom stereocenters. The van der Waals surface area contributed by atoms with Gasteiger partial charge in [0.25, 0.3) is 5.91 Å². The molecule has 1 aromatic heterocycles. The van der Waals surface area contributed by atoms with Crippen LogP contribution in [-0.4, -0.2) is 35.4 Å². The molecular formula is C18H22ClN3O2. The highest BCUT2D eigenvalue weighted by Crippen LogP contribution is 2.24. The van der Waals surface area contributed by atoms with Crippen LogP contribution >= 0.6 is 11.6 Å². The molecule has 0 saturated carbocycles. The highest BCUT2D eigenvalue weighted by atomic mass is 35.5. The number of nitrogens with one attached hydrogen (secondary N) is 1. The van der Waals surface area contributed by atoms with E-state index in [0.717, 1.165) is 31.0 Å². The maximum Gasteiger partial charge on any atom is 0.254 e. The molecule has 1 aromatic carbocycles. The average Bonchev–Trinajstić information content (AvgIpc) is 3.22. The second kappa shape index (κ2) is 7.36. The summed E-state index contributed by atoms with van der Waals surface area (Å²) in [7, 11) is 0. The summed E-state index contributed by atoms with van der Waals surface area (Å²) in [6.45, 7) is 6.25. The van der Waals surface area contributed by atoms with E-state index in [2.05, 4.69) is 24.3 Å². The van der Waals surface area contributed by atoms with Crippen molar-refractivity contribution >= 4 is 17.5 Å². The van der Waals surface area contributed by atoms with Gasteiger partial charge in [0.05, 0.1) is 29.7 Å². The van der Waals surface area contributed by atoms with Crippen molar-refractivity contribution in [1.82, 2.24) is 15.1 Å². The quantitative estimate of drug-likeness (QED) is 0.901. The molecule has 1 aliphatic rings. The topological polar surface area (TPSA) is 56.1 Å². The van der Waals surface area contributed by atoms with Crippen LogP contribution < -0.4 is 5.32 Å². The second-order valence-electron chi connectivity index (χ2n) is 6.43. The smallest absolute Gasteiger partial charge is 0.254 e. The number of nitrogens with zero attached hydrogens (tertiary/aromatic N) is 2. The number of carbonyl (C=O) groups is 1. The molecule has 0 bridgehead atoms. The Morgan fingerprint density at radius 2 is 2.33 bits per heavy atom. The number of hydrogen-bond donors (Lipinski definition) is 1. The Labute approximate surface area is 147 Å². The largest absolute Gasteiger partial charge is 0.381 e. The van der Waals surface area contributed by atoms with Gasteiger partial charge >= 0.3 is 0 Å². The standard InChI is InChI=1S/C18H22ClN3O2/c1-12(2)17-16(18(23)20-9-13-6-7-24-11-13)10-21-22(17)15-5-3-4-14(19)8-15/h3-5,8,10,12-13H,6-7,9,11H2,1-2H3,(H,20,23)/t13-/m1/s1. The minimum Gasteiger partial charge on any atom is -0.381 e. The molecule has 0 spiro atoms. The maximum absolute atomic E-state index is 12.6. The highest BCUT2D eigenvalue weighted by molar-refractivity contribution is 6.30. The SMILES string of the molecule is CC(C)c1c(C(=O)NC[C@H]2CCOC2)cnn1-c1cccc(Cl)c1. The van der Waals surface area contributed by atoms with Crippen LogP contribution in [0.15, 0.2) is 30.5 Å². The fourth-order valence-electron chi connectivity index (χ4n) is 2.98. The third kappa shape index (κ3) is 3.62. The van der Waals surface area contributed by atoms with Crippen LogP contribution in [-0.2, 0) is 4.74 Å². The molecule has 2 heterocycles. The minimum atomic E-state index is -0.0844. The Morgan fingerprint density at radius 3 is 3.00 bits per heavy atom. The lowest BCUT2D eigenvalue weighted by molar-refractivity contribution is 0.0943. The van der Waals surface area contributed by atoms with Crippen LogP contribution in [0.25, 0.3) is 5.69 Å². The van der Waals surface area contributed by atoms with Crippen LogP contribution in [0.5, 0.6) is 0 Å². The third-order valence-corrected chi connectivity index (χ3v) is 4.46. The normalized spacial score (nSPS) is 17.4. The maximum atomic E-state index is 12.6. The predicted octanol–water partition coefficient (Wildman–Crippen LogP) is 3.42. The van der Waals surface area contributed by atoms with Crippen molar-refractivity contribution in [2.75, 3.05) is 19.8 Å². The second-order valence-corrected chi connectivity index (χ2v) is 6.87. The lowest BCUT2D eigenvalue weighted by atomic mass is 10.0. The van der Waals surface area contributed by atoms with Crippen molar-refractivity contribution < 1.29 is 9.53 Å². The van der Waals surface area contributed by atoms with Gasteiger partial charge in [-0.3, -0.25) is 4.79 Å². The summed E-state index contributed by atoms with van der Waals surface area (Å²) in [5, 5.41) is 8.08. The predicted molar refractivity (Wildman–Crippen MR) is 93.9 cm³/mol. The zero-order valence-electron chi connectivity index (χ0n) is 14.0. The van der Waals surface area contributed by atoms with Crippen LogP contribution in [0.4, 0.5) is 0 Å². The number of rotatable bonds is 5. The van der Waals surface area contributed by atoms with Crippen molar-refractivity contribution in [3.63, 3.8) is 0 Å². The number of halogens is 1. The van der Waals surface area contributed by atoms with Crippen LogP contribution in [0, 0.1) is 5.92 Å². The van der Waals surface area contributed by atoms with E-state index in [1.54, 1.807) is 10.9 Å². The van der Waals surface area contributed by atoms with Crippen molar-refractivity contribution in [2.24, 2.45) is 5.92 Å². The van der Waals surface area contributed by atoms with Gasteiger partial charge in [-0.05, 0) is 30.5 Å². The Balaban J connectivity index is 1.84. The minimum absolute atomic E-state index is 0.0844. The third-order valence-electron chi connectivity index (χ3n) is 4.23. The Bertz CT molecular complexity index is 721. The van der Waals surface area contributed by atoms with Gasteiger partial charge in [-0.1, -0.05) is 31.5 Å². The lowest BCUT2D eigenvalue weighted by Gasteiger charge is -2.14. The first kappa shape index (κ1) is 17.0. The highest BCUT2D eigenvalue weighted by Gasteiger charge is 2.22. The Kier molecular flexibility index (Phi) is 5.21. The summed E-state index contributed by atoms with van der Waals surface area (Å²) in [5.41, 5.74) is 2.36. The number of aromatic nitrogens is 2. The molecule has 1 N–H and O–H groups in total. The molecule has 5 nitrogen and oxygen atoms in total. The average molecular weight is 348 g/mol. The molecule has 3 rings (SSSR count). The van der Waals surface area contributed by atoms with E-state index in [0.29, 0.717) is 23.0 Å². The summed E-state index contributed by atoms with van der Waals surface area (Å²) >= 11 is 6.09. The van der Waals surface area contributed by atoms with Gasteiger partial charge in [0, 0.05) is 24.1 Å². The zero-order valence-corrected chi connectivity index (χ0v) is 14.7. The zero-order chi connectivity index (χ0) is 17.1. The van der Waals surface area contributed by atoms with E-state index in [4.69, 9.17) is 16.3 Å². The molecule has 1 fully saturated rings. The van der Waals surface area contributed by atoms with Gasteiger partial charge in [-0.15, -0.1) is 0 Å². The van der Waals surface area contributed by atoms with Crippen LogP contribution in [0.3, 0.4) is 0 Å². The number of ether oxygens (including phenoxy) is 1. The molecule has 24 heavy (non-hydrogen) atoms. The molecule has 128 valence electrons. The first-order valence-corrected chi connectivity index (χ1v) is 8.64. The number of carbonyl (C=O) groups excluding carboxylic acids is 1. The summed E-state index contributed by atoms with van der Waals surface area (Å²) in [4.78, 5) is 12.6. The molecule has 2 aromatic rings. The van der Waals surface area contributed by atoms with Gasteiger partial charge in [0.15, 0.2) is 0 Å². The van der Waals surface area contributed by atoms with Gasteiger partial charge in [0.1, 0.15) is 0 Å². The van der Waals surface area contributed by atoms with Gasteiger partial charge in [0.2, 0.25) is 0 Å². The monoisotopic (exact) mass is 347 g/mol. The van der Waals surface area contributed by atoms with Crippen molar-refractivity contribution in [3.8, 4) is 5.69 Å². The number of hydrogen-bond acceptors (Lipinski definition) is 3. The van der Waals surface area contributed by atoms with E-state index >= 15 is 0 Å². The summed E-state index contributed by atoms with van der Waals surface area (Å²) < 4.78 is 7.15. The van der Waals surface area contributed by atoms with E-state index in [1.165, 1.54) is 0 Å². The molecule has 0 aliphatic carbocycles. The summed E-state index contributed by atoms with van der Waals surface area (Å²) in [6.07, 6.45) is 2.63. The molecule has 1 atom stereocenters. The summed E-state index contributed by atoms with van der Waals surface area (Å²) in [5.74, 6) is 0.473. The van der Waals surface area contributed by atoms with E-state index in [-0.39, 0.29) is 11.8 Å². The van der Waals surface area contributed by atoms with Crippen LogP contribution in [0.2, 0.25) is 5.02 Å². The van der Waals surface area contributed by atoms with Crippen LogP contribution in [0.1, 0.15) is 42.2 Å². The van der Waals surface area contributed by atoms with E-state index in [1.807, 2.05) is 24.3 Å². The van der Waals surface area contributed by atoms with E-state index in [9.17, 15) is 4.79 Å². The Morgan fingerprint density at radius 1 is 1.50 bits per heavy atom. The first-order valence-electron chi connectivity index (χ1n) is 8.26. The van der Waals surface area contributed by atoms with Gasteiger partial charge < -0.3 is 10.1 Å². The van der Waals surface area contributed by atoms with Gasteiger partial charge in [-0.25, -0.2) is 4.68 Å². The number of benzene rings is 1. The van der Waals surface area contributed by atoms with Crippen molar-refractivity contribution in [1.29, 1.82) is 0 Å². The molecule has 0 radical (unpaired) electrons.